The van der Waals surface area contributed by atoms with E-state index in [1.165, 1.54) is 10.9 Å². The van der Waals surface area contributed by atoms with Crippen LogP contribution in [-0.2, 0) is 17.0 Å². The SMILES string of the molecule is O=C(CCSCc1ccccc1)NCCc1cc2ccccc2[nH]1. The standard InChI is InChI=1S/C20H22N2OS/c23-20(11-13-24-15-16-6-2-1-3-7-16)21-12-10-18-14-17-8-4-5-9-19(17)22-18/h1-9,14,22H,10-13,15H2,(H,21,23). The van der Waals surface area contributed by atoms with Crippen LogP contribution in [0, 0.1) is 0 Å². The molecule has 0 unspecified atom stereocenters. The number of fused-ring (bicyclic) bond motifs is 1. The highest BCUT2D eigenvalue weighted by molar-refractivity contribution is 7.98. The number of hydrogen-bond acceptors (Lipinski definition) is 2. The number of carbonyl (C=O) groups is 1. The Morgan fingerprint density at radius 2 is 1.83 bits per heavy atom. The summed E-state index contributed by atoms with van der Waals surface area (Å²) in [4.78, 5) is 15.3. The van der Waals surface area contributed by atoms with Gasteiger partial charge in [-0.1, -0.05) is 48.5 Å². The minimum Gasteiger partial charge on any atom is -0.358 e. The number of thioether (sulfide) groups is 1. The highest BCUT2D eigenvalue weighted by atomic mass is 32.2. The van der Waals surface area contributed by atoms with Gasteiger partial charge in [-0.15, -0.1) is 0 Å². The van der Waals surface area contributed by atoms with Gasteiger partial charge in [0.2, 0.25) is 5.91 Å². The van der Waals surface area contributed by atoms with Gasteiger partial charge in [-0.25, -0.2) is 0 Å². The van der Waals surface area contributed by atoms with Crippen molar-refractivity contribution in [3.63, 3.8) is 0 Å². The van der Waals surface area contributed by atoms with Crippen LogP contribution in [0.15, 0.2) is 60.7 Å². The highest BCUT2D eigenvalue weighted by Gasteiger charge is 2.03. The summed E-state index contributed by atoms with van der Waals surface area (Å²) in [6.45, 7) is 0.676. The van der Waals surface area contributed by atoms with E-state index < -0.39 is 0 Å². The molecule has 2 N–H and O–H groups in total. The van der Waals surface area contributed by atoms with E-state index in [9.17, 15) is 4.79 Å². The van der Waals surface area contributed by atoms with Crippen molar-refractivity contribution in [2.75, 3.05) is 12.3 Å². The Bertz CT molecular complexity index is 749. The van der Waals surface area contributed by atoms with Crippen LogP contribution in [0.1, 0.15) is 17.7 Å². The summed E-state index contributed by atoms with van der Waals surface area (Å²) in [5, 5.41) is 4.22. The molecule has 1 aromatic heterocycles. The third-order valence-electron chi connectivity index (χ3n) is 3.89. The van der Waals surface area contributed by atoms with Crippen molar-refractivity contribution in [3.05, 3.63) is 71.9 Å². The fourth-order valence-corrected chi connectivity index (χ4v) is 3.52. The smallest absolute Gasteiger partial charge is 0.220 e. The molecule has 24 heavy (non-hydrogen) atoms. The van der Waals surface area contributed by atoms with E-state index in [2.05, 4.69) is 40.6 Å². The van der Waals surface area contributed by atoms with Gasteiger partial charge < -0.3 is 10.3 Å². The minimum atomic E-state index is 0.131. The summed E-state index contributed by atoms with van der Waals surface area (Å²) < 4.78 is 0. The fraction of sp³-hybridized carbons (Fsp3) is 0.250. The maximum Gasteiger partial charge on any atom is 0.220 e. The predicted molar refractivity (Wildman–Crippen MR) is 102 cm³/mol. The van der Waals surface area contributed by atoms with Gasteiger partial charge in [-0.2, -0.15) is 11.8 Å². The quantitative estimate of drug-likeness (QED) is 0.606. The van der Waals surface area contributed by atoms with Gasteiger partial charge >= 0.3 is 0 Å². The number of benzene rings is 2. The fourth-order valence-electron chi connectivity index (χ4n) is 2.62. The summed E-state index contributed by atoms with van der Waals surface area (Å²) >= 11 is 1.80. The van der Waals surface area contributed by atoms with Crippen molar-refractivity contribution < 1.29 is 4.79 Å². The lowest BCUT2D eigenvalue weighted by molar-refractivity contribution is -0.120. The molecule has 0 atom stereocenters. The maximum atomic E-state index is 11.9. The van der Waals surface area contributed by atoms with Crippen LogP contribution in [-0.4, -0.2) is 23.2 Å². The topological polar surface area (TPSA) is 44.9 Å². The average molecular weight is 338 g/mol. The molecule has 0 aliphatic rings. The Morgan fingerprint density at radius 1 is 1.04 bits per heavy atom. The lowest BCUT2D eigenvalue weighted by Gasteiger charge is -2.05. The number of amides is 1. The Labute approximate surface area is 146 Å². The number of aromatic amines is 1. The summed E-state index contributed by atoms with van der Waals surface area (Å²) in [7, 11) is 0. The van der Waals surface area contributed by atoms with E-state index in [0.717, 1.165) is 29.1 Å². The third-order valence-corrected chi connectivity index (χ3v) is 4.92. The van der Waals surface area contributed by atoms with E-state index in [-0.39, 0.29) is 5.91 Å². The van der Waals surface area contributed by atoms with Gasteiger partial charge in [0, 0.05) is 42.1 Å². The van der Waals surface area contributed by atoms with Gasteiger partial charge in [0.15, 0.2) is 0 Å². The van der Waals surface area contributed by atoms with Crippen molar-refractivity contribution in [2.45, 2.75) is 18.6 Å². The summed E-state index contributed by atoms with van der Waals surface area (Å²) in [6, 6.07) is 20.7. The maximum absolute atomic E-state index is 11.9. The van der Waals surface area contributed by atoms with Crippen molar-refractivity contribution in [1.82, 2.24) is 10.3 Å². The molecule has 4 heteroatoms. The number of hydrogen-bond donors (Lipinski definition) is 2. The molecular formula is C20H22N2OS. The van der Waals surface area contributed by atoms with E-state index in [1.54, 1.807) is 11.8 Å². The van der Waals surface area contributed by atoms with Crippen LogP contribution >= 0.6 is 11.8 Å². The molecule has 3 nitrogen and oxygen atoms in total. The monoisotopic (exact) mass is 338 g/mol. The van der Waals surface area contributed by atoms with Crippen LogP contribution in [0.5, 0.6) is 0 Å². The predicted octanol–water partition coefficient (Wildman–Crippen LogP) is 4.15. The molecule has 3 rings (SSSR count). The first-order chi connectivity index (χ1) is 11.8. The molecule has 0 bridgehead atoms. The van der Waals surface area contributed by atoms with Crippen LogP contribution in [0.25, 0.3) is 10.9 Å². The van der Waals surface area contributed by atoms with Gasteiger partial charge in [-0.05, 0) is 23.1 Å². The number of H-pyrrole nitrogens is 1. The summed E-state index contributed by atoms with van der Waals surface area (Å²) in [6.07, 6.45) is 1.40. The number of nitrogens with one attached hydrogen (secondary N) is 2. The highest BCUT2D eigenvalue weighted by Crippen LogP contribution is 2.15. The molecule has 0 saturated heterocycles. The molecule has 0 fully saturated rings. The second-order valence-corrected chi connectivity index (χ2v) is 6.88. The zero-order chi connectivity index (χ0) is 16.6. The largest absolute Gasteiger partial charge is 0.358 e. The second kappa shape index (κ2) is 8.60. The number of rotatable bonds is 8. The first-order valence-electron chi connectivity index (χ1n) is 8.26. The van der Waals surface area contributed by atoms with Crippen LogP contribution in [0.4, 0.5) is 0 Å². The van der Waals surface area contributed by atoms with Crippen LogP contribution in [0.3, 0.4) is 0 Å². The summed E-state index contributed by atoms with van der Waals surface area (Å²) in [5.74, 6) is 1.95. The number of para-hydroxylation sites is 1. The van der Waals surface area contributed by atoms with E-state index in [0.29, 0.717) is 13.0 Å². The first kappa shape index (κ1) is 16.7. The van der Waals surface area contributed by atoms with Gasteiger partial charge in [0.1, 0.15) is 0 Å². The summed E-state index contributed by atoms with van der Waals surface area (Å²) in [5.41, 5.74) is 3.62. The molecule has 1 amide bonds. The first-order valence-corrected chi connectivity index (χ1v) is 9.42. The minimum absolute atomic E-state index is 0.131. The van der Waals surface area contributed by atoms with Gasteiger partial charge in [-0.3, -0.25) is 4.79 Å². The zero-order valence-corrected chi connectivity index (χ0v) is 14.4. The van der Waals surface area contributed by atoms with Crippen molar-refractivity contribution in [1.29, 1.82) is 0 Å². The molecule has 3 aromatic rings. The lowest BCUT2D eigenvalue weighted by Crippen LogP contribution is -2.25. The normalized spacial score (nSPS) is 10.8. The molecule has 0 aliphatic heterocycles. The number of aromatic nitrogens is 1. The average Bonchev–Trinajstić information content (AvgIpc) is 3.02. The lowest BCUT2D eigenvalue weighted by atomic mass is 10.2. The van der Waals surface area contributed by atoms with Crippen molar-refractivity contribution >= 4 is 28.6 Å². The molecule has 124 valence electrons. The molecule has 0 aliphatic carbocycles. The van der Waals surface area contributed by atoms with E-state index in [4.69, 9.17) is 0 Å². The second-order valence-electron chi connectivity index (χ2n) is 5.77. The Hall–Kier alpha value is -2.20. The molecule has 0 saturated carbocycles. The van der Waals surface area contributed by atoms with E-state index in [1.807, 2.05) is 30.3 Å². The Balaban J connectivity index is 1.32. The van der Waals surface area contributed by atoms with E-state index >= 15 is 0 Å². The third kappa shape index (κ3) is 4.90. The molecule has 0 radical (unpaired) electrons. The number of carbonyl (C=O) groups excluding carboxylic acids is 1. The zero-order valence-electron chi connectivity index (χ0n) is 13.6. The van der Waals surface area contributed by atoms with Gasteiger partial charge in [0.25, 0.3) is 0 Å². The molecular weight excluding hydrogens is 316 g/mol. The van der Waals surface area contributed by atoms with Crippen LogP contribution in [0.2, 0.25) is 0 Å². The van der Waals surface area contributed by atoms with Crippen molar-refractivity contribution in [3.8, 4) is 0 Å². The van der Waals surface area contributed by atoms with Gasteiger partial charge in [0.05, 0.1) is 0 Å². The molecule has 1 heterocycles. The molecule has 0 spiro atoms. The Morgan fingerprint density at radius 3 is 2.67 bits per heavy atom. The van der Waals surface area contributed by atoms with Crippen molar-refractivity contribution in [2.24, 2.45) is 0 Å². The Kier molecular flexibility index (Phi) is 5.96. The van der Waals surface area contributed by atoms with Crippen LogP contribution < -0.4 is 5.32 Å². The molecule has 2 aromatic carbocycles.